The van der Waals surface area contributed by atoms with Crippen LogP contribution in [0.4, 0.5) is 0 Å². The maximum Gasteiger partial charge on any atom is 0.272 e. The number of amides is 2. The number of likely N-dealkylation sites (tertiary alicyclic amines) is 1. The van der Waals surface area contributed by atoms with Gasteiger partial charge in [-0.2, -0.15) is 5.10 Å². The summed E-state index contributed by atoms with van der Waals surface area (Å²) >= 11 is 0. The zero-order valence-electron chi connectivity index (χ0n) is 20.8. The first-order chi connectivity index (χ1) is 16.4. The van der Waals surface area contributed by atoms with Crippen molar-refractivity contribution in [1.82, 2.24) is 20.0 Å². The first kappa shape index (κ1) is 24.3. The normalized spacial score (nSPS) is 21.9. The summed E-state index contributed by atoms with van der Waals surface area (Å²) in [5.74, 6) is 0.866. The second-order valence-electron chi connectivity index (χ2n) is 10.1. The number of ether oxygens (including phenoxy) is 1. The molecule has 0 radical (unpaired) electrons. The molecule has 184 valence electrons. The van der Waals surface area contributed by atoms with Crippen LogP contribution >= 0.6 is 0 Å². The van der Waals surface area contributed by atoms with Crippen LogP contribution in [-0.2, 0) is 6.54 Å². The highest BCUT2D eigenvalue weighted by molar-refractivity contribution is 5.97. The molecular weight excluding hydrogens is 428 g/mol. The molecule has 7 heteroatoms. The Hall–Kier alpha value is -2.83. The molecule has 0 bridgehead atoms. The number of benzene rings is 1. The topological polar surface area (TPSA) is 76.5 Å². The SMILES string of the molecule is CCn1nc(C(C)C)cc1C(=O)N1CCCC2(CCCCCOc3ccccc3C(=O)NC2)C1. The van der Waals surface area contributed by atoms with Crippen LogP contribution in [0, 0.1) is 5.41 Å². The van der Waals surface area contributed by atoms with Crippen molar-refractivity contribution in [1.29, 1.82) is 0 Å². The number of hydrogen-bond acceptors (Lipinski definition) is 4. The van der Waals surface area contributed by atoms with Crippen LogP contribution in [0.25, 0.3) is 0 Å². The predicted octanol–water partition coefficient (Wildman–Crippen LogP) is 4.63. The third kappa shape index (κ3) is 5.29. The van der Waals surface area contributed by atoms with E-state index in [-0.39, 0.29) is 23.1 Å². The van der Waals surface area contributed by atoms with E-state index < -0.39 is 0 Å². The van der Waals surface area contributed by atoms with E-state index in [2.05, 4.69) is 24.3 Å². The molecule has 7 nitrogen and oxygen atoms in total. The molecule has 4 rings (SSSR count). The average Bonchev–Trinajstić information content (AvgIpc) is 3.29. The highest BCUT2D eigenvalue weighted by Gasteiger charge is 2.38. The smallest absolute Gasteiger partial charge is 0.272 e. The second-order valence-corrected chi connectivity index (χ2v) is 10.1. The van der Waals surface area contributed by atoms with Gasteiger partial charge in [0, 0.05) is 31.6 Å². The zero-order chi connectivity index (χ0) is 24.1. The number of aromatic nitrogens is 2. The van der Waals surface area contributed by atoms with Crippen molar-refractivity contribution in [3.63, 3.8) is 0 Å². The van der Waals surface area contributed by atoms with E-state index in [1.807, 2.05) is 46.8 Å². The van der Waals surface area contributed by atoms with Crippen LogP contribution < -0.4 is 10.1 Å². The minimum absolute atomic E-state index is 0.0523. The van der Waals surface area contributed by atoms with Crippen LogP contribution in [-0.4, -0.2) is 52.7 Å². The third-order valence-electron chi connectivity index (χ3n) is 7.22. The fraction of sp³-hybridized carbons (Fsp3) is 0.593. The summed E-state index contributed by atoms with van der Waals surface area (Å²) in [7, 11) is 0. The number of rotatable bonds is 3. The molecule has 1 fully saturated rings. The molecule has 1 spiro atoms. The lowest BCUT2D eigenvalue weighted by atomic mass is 9.75. The Morgan fingerprint density at radius 2 is 1.97 bits per heavy atom. The number of nitrogens with one attached hydrogen (secondary N) is 1. The van der Waals surface area contributed by atoms with Gasteiger partial charge < -0.3 is 15.0 Å². The largest absolute Gasteiger partial charge is 0.493 e. The summed E-state index contributed by atoms with van der Waals surface area (Å²) < 4.78 is 7.72. The Bertz CT molecular complexity index is 1020. The molecule has 2 amide bonds. The Morgan fingerprint density at radius 3 is 2.76 bits per heavy atom. The molecule has 2 aromatic rings. The van der Waals surface area contributed by atoms with Gasteiger partial charge in [0.05, 0.1) is 17.9 Å². The molecule has 1 aromatic carbocycles. The van der Waals surface area contributed by atoms with Crippen molar-refractivity contribution >= 4 is 11.8 Å². The quantitative estimate of drug-likeness (QED) is 0.715. The van der Waals surface area contributed by atoms with Crippen LogP contribution in [0.15, 0.2) is 30.3 Å². The maximum absolute atomic E-state index is 13.6. The Labute approximate surface area is 202 Å². The Morgan fingerprint density at radius 1 is 1.18 bits per heavy atom. The number of nitrogens with zero attached hydrogens (tertiary/aromatic N) is 3. The summed E-state index contributed by atoms with van der Waals surface area (Å²) in [5.41, 5.74) is 2.09. The molecule has 1 aromatic heterocycles. The summed E-state index contributed by atoms with van der Waals surface area (Å²) in [5, 5.41) is 7.83. The van der Waals surface area contributed by atoms with E-state index in [1.165, 1.54) is 0 Å². The number of para-hydroxylation sites is 1. The summed E-state index contributed by atoms with van der Waals surface area (Å²) in [6.45, 7) is 9.48. The van der Waals surface area contributed by atoms with Crippen molar-refractivity contribution in [2.75, 3.05) is 26.2 Å². The number of hydrogen-bond donors (Lipinski definition) is 1. The van der Waals surface area contributed by atoms with E-state index in [4.69, 9.17) is 4.74 Å². The van der Waals surface area contributed by atoms with Crippen molar-refractivity contribution in [2.45, 2.75) is 71.8 Å². The third-order valence-corrected chi connectivity index (χ3v) is 7.22. The number of aryl methyl sites for hydroxylation is 1. The molecule has 2 aliphatic heterocycles. The molecule has 0 saturated carbocycles. The molecule has 1 atom stereocenters. The van der Waals surface area contributed by atoms with Crippen LogP contribution in [0.3, 0.4) is 0 Å². The lowest BCUT2D eigenvalue weighted by molar-refractivity contribution is 0.0458. The van der Waals surface area contributed by atoms with Crippen molar-refractivity contribution in [3.8, 4) is 5.75 Å². The van der Waals surface area contributed by atoms with E-state index in [0.29, 0.717) is 43.2 Å². The molecule has 34 heavy (non-hydrogen) atoms. The standard InChI is InChI=1S/C27H38N4O3/c1-4-31-23(17-22(29-31)20(2)3)26(33)30-15-10-14-27(19-30)13-8-5-9-16-34-24-12-7-6-11-21(24)25(32)28-18-27/h6-7,11-12,17,20H,4-5,8-10,13-16,18-19H2,1-3H3,(H,28,32). The van der Waals surface area contributed by atoms with Gasteiger partial charge in [0.25, 0.3) is 11.8 Å². The number of piperidine rings is 1. The lowest BCUT2D eigenvalue weighted by Crippen LogP contribution is -2.51. The van der Waals surface area contributed by atoms with Crippen molar-refractivity contribution in [3.05, 3.63) is 47.3 Å². The number of carbonyl (C=O) groups is 2. The fourth-order valence-electron chi connectivity index (χ4n) is 5.22. The highest BCUT2D eigenvalue weighted by atomic mass is 16.5. The van der Waals surface area contributed by atoms with Gasteiger partial charge in [-0.25, -0.2) is 0 Å². The van der Waals surface area contributed by atoms with Crippen LogP contribution in [0.2, 0.25) is 0 Å². The molecule has 3 heterocycles. The van der Waals surface area contributed by atoms with E-state index in [1.54, 1.807) is 0 Å². The minimum atomic E-state index is -0.115. The van der Waals surface area contributed by atoms with Crippen LogP contribution in [0.1, 0.15) is 91.8 Å². The molecule has 1 unspecified atom stereocenters. The summed E-state index contributed by atoms with van der Waals surface area (Å²) in [4.78, 5) is 28.7. The minimum Gasteiger partial charge on any atom is -0.493 e. The summed E-state index contributed by atoms with van der Waals surface area (Å²) in [6.07, 6.45) is 6.04. The number of fused-ring (bicyclic) bond motifs is 1. The second kappa shape index (κ2) is 10.6. The van der Waals surface area contributed by atoms with Gasteiger partial charge in [-0.15, -0.1) is 0 Å². The fourth-order valence-corrected chi connectivity index (χ4v) is 5.22. The molecule has 0 aliphatic carbocycles. The molecule has 1 N–H and O–H groups in total. The first-order valence-corrected chi connectivity index (χ1v) is 12.8. The van der Waals surface area contributed by atoms with Gasteiger partial charge in [0.15, 0.2) is 0 Å². The van der Waals surface area contributed by atoms with Gasteiger partial charge in [-0.3, -0.25) is 14.3 Å². The van der Waals surface area contributed by atoms with E-state index in [0.717, 1.165) is 50.8 Å². The predicted molar refractivity (Wildman–Crippen MR) is 132 cm³/mol. The molecule has 1 saturated heterocycles. The van der Waals surface area contributed by atoms with Gasteiger partial charge >= 0.3 is 0 Å². The van der Waals surface area contributed by atoms with Gasteiger partial charge in [0.2, 0.25) is 0 Å². The van der Waals surface area contributed by atoms with Gasteiger partial charge in [-0.1, -0.05) is 38.8 Å². The van der Waals surface area contributed by atoms with Gasteiger partial charge in [-0.05, 0) is 56.7 Å². The van der Waals surface area contributed by atoms with Crippen molar-refractivity contribution < 1.29 is 14.3 Å². The maximum atomic E-state index is 13.6. The van der Waals surface area contributed by atoms with E-state index in [9.17, 15) is 9.59 Å². The average molecular weight is 467 g/mol. The monoisotopic (exact) mass is 466 g/mol. The highest BCUT2D eigenvalue weighted by Crippen LogP contribution is 2.36. The molecular formula is C27H38N4O3. The van der Waals surface area contributed by atoms with Crippen molar-refractivity contribution in [2.24, 2.45) is 5.41 Å². The molecule has 2 aliphatic rings. The first-order valence-electron chi connectivity index (χ1n) is 12.8. The zero-order valence-corrected chi connectivity index (χ0v) is 20.8. The number of carbonyl (C=O) groups excluding carboxylic acids is 2. The van der Waals surface area contributed by atoms with Crippen LogP contribution in [0.5, 0.6) is 5.75 Å². The Kier molecular flexibility index (Phi) is 7.59. The van der Waals surface area contributed by atoms with E-state index >= 15 is 0 Å². The Balaban J connectivity index is 1.54. The lowest BCUT2D eigenvalue weighted by Gasteiger charge is -2.43. The summed E-state index contributed by atoms with van der Waals surface area (Å²) in [6, 6.07) is 9.40. The van der Waals surface area contributed by atoms with Gasteiger partial charge in [0.1, 0.15) is 11.4 Å².